The minimum absolute atomic E-state index is 0.0715. The summed E-state index contributed by atoms with van der Waals surface area (Å²) in [4.78, 5) is 27.3. The number of carbonyl (C=O) groups excluding carboxylic acids is 1. The van der Waals surface area contributed by atoms with Gasteiger partial charge in [-0.25, -0.2) is 9.48 Å². The lowest BCUT2D eigenvalue weighted by Crippen LogP contribution is -2.42. The predicted octanol–water partition coefficient (Wildman–Crippen LogP) is 2.20. The summed E-state index contributed by atoms with van der Waals surface area (Å²) in [6.45, 7) is 3.56. The van der Waals surface area contributed by atoms with Crippen LogP contribution in [0.3, 0.4) is 0 Å². The molecule has 0 bridgehead atoms. The van der Waals surface area contributed by atoms with E-state index in [0.717, 1.165) is 37.1 Å². The summed E-state index contributed by atoms with van der Waals surface area (Å²) in [5, 5.41) is 13.6. The number of aromatic nitrogens is 3. The smallest absolute Gasteiger partial charge is 0.340 e. The second-order valence-corrected chi connectivity index (χ2v) is 7.34. The van der Waals surface area contributed by atoms with Gasteiger partial charge in [-0.1, -0.05) is 43.7 Å². The molecular formula is C21H27N5O2. The molecular weight excluding hydrogens is 354 g/mol. The Morgan fingerprint density at radius 2 is 2.11 bits per heavy atom. The number of piperidine rings is 1. The Labute approximate surface area is 165 Å². The number of benzene rings is 1. The Morgan fingerprint density at radius 1 is 1.32 bits per heavy atom. The van der Waals surface area contributed by atoms with E-state index in [4.69, 9.17) is 5.26 Å². The molecule has 1 amide bonds. The zero-order chi connectivity index (χ0) is 19.9. The van der Waals surface area contributed by atoms with Crippen LogP contribution in [-0.4, -0.2) is 38.2 Å². The second-order valence-electron chi connectivity index (χ2n) is 7.34. The van der Waals surface area contributed by atoms with Crippen molar-refractivity contribution in [3.05, 3.63) is 52.2 Å². The number of rotatable bonds is 7. The molecule has 148 valence electrons. The maximum atomic E-state index is 12.9. The molecule has 2 heterocycles. The molecule has 28 heavy (non-hydrogen) atoms. The molecule has 0 aliphatic carbocycles. The number of hydrogen-bond acceptors (Lipinski definition) is 4. The van der Waals surface area contributed by atoms with Crippen molar-refractivity contribution in [2.24, 2.45) is 5.92 Å². The third-order valence-corrected chi connectivity index (χ3v) is 5.18. The van der Waals surface area contributed by atoms with Crippen molar-refractivity contribution in [3.63, 3.8) is 0 Å². The molecule has 7 nitrogen and oxygen atoms in total. The van der Waals surface area contributed by atoms with Gasteiger partial charge in [0.1, 0.15) is 12.4 Å². The number of hydrogen-bond donors (Lipinski definition) is 0. The molecule has 3 rings (SSSR count). The van der Waals surface area contributed by atoms with Crippen LogP contribution in [0.5, 0.6) is 0 Å². The molecule has 1 fully saturated rings. The zero-order valence-corrected chi connectivity index (χ0v) is 16.4. The van der Waals surface area contributed by atoms with Gasteiger partial charge in [0.2, 0.25) is 5.91 Å². The molecule has 1 aromatic carbocycles. The summed E-state index contributed by atoms with van der Waals surface area (Å²) < 4.78 is 2.96. The van der Waals surface area contributed by atoms with Crippen molar-refractivity contribution in [2.45, 2.75) is 52.1 Å². The lowest BCUT2D eigenvalue weighted by atomic mass is 10.00. The maximum absolute atomic E-state index is 12.9. The molecule has 0 unspecified atom stereocenters. The van der Waals surface area contributed by atoms with Crippen molar-refractivity contribution in [2.75, 3.05) is 13.1 Å². The van der Waals surface area contributed by atoms with Gasteiger partial charge in [0.25, 0.3) is 0 Å². The number of nitriles is 1. The van der Waals surface area contributed by atoms with Gasteiger partial charge in [-0.05, 0) is 24.8 Å². The summed E-state index contributed by atoms with van der Waals surface area (Å²) in [6, 6.07) is 12.0. The highest BCUT2D eigenvalue weighted by atomic mass is 16.2. The lowest BCUT2D eigenvalue weighted by molar-refractivity contribution is -0.133. The van der Waals surface area contributed by atoms with E-state index in [1.807, 2.05) is 30.3 Å². The van der Waals surface area contributed by atoms with E-state index in [9.17, 15) is 9.59 Å². The Bertz CT molecular complexity index is 894. The van der Waals surface area contributed by atoms with Gasteiger partial charge in [-0.15, -0.1) is 0 Å². The standard InChI is InChI=1S/C21H27N5O2/c1-2-3-11-19-23-26(16-20(27)24-12-7-10-18(13-22)14-24)21(28)25(19)15-17-8-5-4-6-9-17/h4-6,8-9,18H,2-3,7,10-12,14-16H2,1H3/t18-/m0/s1. The van der Waals surface area contributed by atoms with Crippen LogP contribution in [0.4, 0.5) is 0 Å². The fourth-order valence-electron chi connectivity index (χ4n) is 3.57. The summed E-state index contributed by atoms with van der Waals surface area (Å²) in [7, 11) is 0. The molecule has 1 aliphatic heterocycles. The van der Waals surface area contributed by atoms with Crippen LogP contribution in [0.15, 0.2) is 35.1 Å². The van der Waals surface area contributed by atoms with Crippen LogP contribution in [0.2, 0.25) is 0 Å². The summed E-state index contributed by atoms with van der Waals surface area (Å²) in [5.41, 5.74) is 0.776. The number of aryl methyl sites for hydroxylation is 1. The molecule has 0 saturated carbocycles. The van der Waals surface area contributed by atoms with Gasteiger partial charge in [-0.3, -0.25) is 9.36 Å². The van der Waals surface area contributed by atoms with Gasteiger partial charge in [0.15, 0.2) is 0 Å². The highest BCUT2D eigenvalue weighted by molar-refractivity contribution is 5.76. The lowest BCUT2D eigenvalue weighted by Gasteiger charge is -2.29. The number of carbonyl (C=O) groups is 1. The predicted molar refractivity (Wildman–Crippen MR) is 106 cm³/mol. The van der Waals surface area contributed by atoms with E-state index in [2.05, 4.69) is 18.1 Å². The molecule has 7 heteroatoms. The van der Waals surface area contributed by atoms with Crippen LogP contribution >= 0.6 is 0 Å². The van der Waals surface area contributed by atoms with Crippen LogP contribution in [0, 0.1) is 17.2 Å². The SMILES string of the molecule is CCCCc1nn(CC(=O)N2CCC[C@@H](C#N)C2)c(=O)n1Cc1ccccc1. The number of amides is 1. The molecule has 0 spiro atoms. The number of nitrogens with zero attached hydrogens (tertiary/aromatic N) is 5. The Kier molecular flexibility index (Phi) is 6.64. The molecule has 1 aromatic heterocycles. The largest absolute Gasteiger partial charge is 0.346 e. The number of unbranched alkanes of at least 4 members (excludes halogenated alkanes) is 1. The molecule has 0 radical (unpaired) electrons. The van der Waals surface area contributed by atoms with Gasteiger partial charge in [0, 0.05) is 19.5 Å². The summed E-state index contributed by atoms with van der Waals surface area (Å²) in [5.74, 6) is 0.454. The highest BCUT2D eigenvalue weighted by Crippen LogP contribution is 2.16. The second kappa shape index (κ2) is 9.36. The first-order valence-electron chi connectivity index (χ1n) is 10.00. The molecule has 1 saturated heterocycles. The van der Waals surface area contributed by atoms with E-state index in [1.54, 1.807) is 9.47 Å². The summed E-state index contributed by atoms with van der Waals surface area (Å²) in [6.07, 6.45) is 4.31. The van der Waals surface area contributed by atoms with Crippen molar-refractivity contribution in [1.29, 1.82) is 5.26 Å². The van der Waals surface area contributed by atoms with Gasteiger partial charge in [-0.2, -0.15) is 10.4 Å². The van der Waals surface area contributed by atoms with E-state index in [0.29, 0.717) is 26.1 Å². The van der Waals surface area contributed by atoms with E-state index >= 15 is 0 Å². The minimum Gasteiger partial charge on any atom is -0.340 e. The van der Waals surface area contributed by atoms with Gasteiger partial charge in [0.05, 0.1) is 18.5 Å². The zero-order valence-electron chi connectivity index (χ0n) is 16.4. The van der Waals surface area contributed by atoms with Gasteiger partial charge < -0.3 is 4.90 Å². The van der Waals surface area contributed by atoms with Crippen LogP contribution in [0.25, 0.3) is 0 Å². The topological polar surface area (TPSA) is 83.9 Å². The van der Waals surface area contributed by atoms with Crippen molar-refractivity contribution in [3.8, 4) is 6.07 Å². The monoisotopic (exact) mass is 381 g/mol. The summed E-state index contributed by atoms with van der Waals surface area (Å²) >= 11 is 0. The minimum atomic E-state index is -0.253. The Balaban J connectivity index is 1.80. The Hall–Kier alpha value is -2.88. The van der Waals surface area contributed by atoms with E-state index in [-0.39, 0.29) is 24.1 Å². The average molecular weight is 381 g/mol. The Morgan fingerprint density at radius 3 is 2.82 bits per heavy atom. The van der Waals surface area contributed by atoms with Crippen molar-refractivity contribution in [1.82, 2.24) is 19.2 Å². The third kappa shape index (κ3) is 4.69. The first-order valence-corrected chi connectivity index (χ1v) is 10.00. The third-order valence-electron chi connectivity index (χ3n) is 5.18. The number of likely N-dealkylation sites (tertiary alicyclic amines) is 1. The van der Waals surface area contributed by atoms with E-state index in [1.165, 1.54) is 4.68 Å². The first kappa shape index (κ1) is 19.9. The van der Waals surface area contributed by atoms with Crippen molar-refractivity contribution < 1.29 is 4.79 Å². The fourth-order valence-corrected chi connectivity index (χ4v) is 3.57. The quantitative estimate of drug-likeness (QED) is 0.736. The molecule has 1 atom stereocenters. The maximum Gasteiger partial charge on any atom is 0.346 e. The van der Waals surface area contributed by atoms with E-state index < -0.39 is 0 Å². The molecule has 0 N–H and O–H groups in total. The average Bonchev–Trinajstić information content (AvgIpc) is 3.02. The van der Waals surface area contributed by atoms with Crippen LogP contribution in [0.1, 0.15) is 44.0 Å². The highest BCUT2D eigenvalue weighted by Gasteiger charge is 2.25. The van der Waals surface area contributed by atoms with Crippen LogP contribution in [-0.2, 0) is 24.3 Å². The first-order chi connectivity index (χ1) is 13.6. The van der Waals surface area contributed by atoms with Crippen LogP contribution < -0.4 is 5.69 Å². The molecule has 1 aliphatic rings. The fraction of sp³-hybridized carbons (Fsp3) is 0.524. The van der Waals surface area contributed by atoms with Crippen molar-refractivity contribution >= 4 is 5.91 Å². The van der Waals surface area contributed by atoms with Gasteiger partial charge >= 0.3 is 5.69 Å². The molecule has 2 aromatic rings. The normalized spacial score (nSPS) is 16.7.